The van der Waals surface area contributed by atoms with Crippen LogP contribution in [-0.4, -0.2) is 42.0 Å². The van der Waals surface area contributed by atoms with E-state index in [4.69, 9.17) is 15.2 Å². The zero-order chi connectivity index (χ0) is 23.3. The molecule has 0 saturated carbocycles. The van der Waals surface area contributed by atoms with Crippen molar-refractivity contribution >= 4 is 28.3 Å². The molecule has 0 aromatic carbocycles. The lowest BCUT2D eigenvalue weighted by molar-refractivity contribution is -0.192. The largest absolute Gasteiger partial charge is 0.490 e. The molecule has 0 radical (unpaired) electrons. The highest BCUT2D eigenvalue weighted by Gasteiger charge is 2.38. The zero-order valence-electron chi connectivity index (χ0n) is 15.9. The molecule has 0 aliphatic carbocycles. The van der Waals surface area contributed by atoms with Crippen molar-refractivity contribution in [2.45, 2.75) is 18.6 Å². The summed E-state index contributed by atoms with van der Waals surface area (Å²) in [5, 5.41) is 30.7. The van der Waals surface area contributed by atoms with Crippen LogP contribution in [0.1, 0.15) is 22.2 Å². The number of nitrogens with one attached hydrogen (secondary N) is 1. The molecule has 0 spiro atoms. The topological polar surface area (TPSA) is 144 Å². The lowest BCUT2D eigenvalue weighted by Crippen LogP contribution is -2.21. The van der Waals surface area contributed by atoms with Gasteiger partial charge in [-0.3, -0.25) is 4.68 Å². The highest BCUT2D eigenvalue weighted by molar-refractivity contribution is 7.12. The number of hydrogen-bond donors (Lipinski definition) is 2. The molecule has 0 fully saturated rings. The molecular formula is C19H12F3N7O2S. The number of halogens is 3. The van der Waals surface area contributed by atoms with E-state index >= 15 is 0 Å². The van der Waals surface area contributed by atoms with Crippen LogP contribution < -0.4 is 0 Å². The summed E-state index contributed by atoms with van der Waals surface area (Å²) in [6.45, 7) is 0. The first kappa shape index (κ1) is 22.5. The maximum Gasteiger partial charge on any atom is 0.490 e. The van der Waals surface area contributed by atoms with E-state index in [2.05, 4.69) is 32.2 Å². The van der Waals surface area contributed by atoms with E-state index in [0.29, 0.717) is 4.88 Å². The number of nitriles is 2. The number of alkyl halides is 3. The number of H-pyrrole nitrogens is 1. The minimum absolute atomic E-state index is 0.227. The molecule has 0 saturated heterocycles. The second-order valence-electron chi connectivity index (χ2n) is 6.17. The summed E-state index contributed by atoms with van der Waals surface area (Å²) in [6, 6.07) is 9.67. The first-order chi connectivity index (χ1) is 15.2. The number of rotatable bonds is 4. The molecule has 1 unspecified atom stereocenters. The number of carboxylic acids is 1. The number of thiophene rings is 1. The van der Waals surface area contributed by atoms with Gasteiger partial charge in [-0.2, -0.15) is 28.8 Å². The van der Waals surface area contributed by atoms with Gasteiger partial charge in [-0.05, 0) is 18.2 Å². The molecule has 2 N–H and O–H groups in total. The van der Waals surface area contributed by atoms with Crippen molar-refractivity contribution in [1.29, 1.82) is 10.5 Å². The summed E-state index contributed by atoms with van der Waals surface area (Å²) >= 11 is 1.38. The number of aliphatic carboxylic acids is 1. The summed E-state index contributed by atoms with van der Waals surface area (Å²) < 4.78 is 33.5. The second kappa shape index (κ2) is 9.28. The van der Waals surface area contributed by atoms with Crippen molar-refractivity contribution < 1.29 is 23.1 Å². The summed E-state index contributed by atoms with van der Waals surface area (Å²) in [7, 11) is 0. The van der Waals surface area contributed by atoms with Gasteiger partial charge in [0.1, 0.15) is 22.9 Å². The average molecular weight is 459 g/mol. The summed E-state index contributed by atoms with van der Waals surface area (Å²) in [4.78, 5) is 22.1. The number of carbonyl (C=O) groups is 1. The van der Waals surface area contributed by atoms with Gasteiger partial charge in [0.25, 0.3) is 0 Å². The number of fused-ring (bicyclic) bond motifs is 1. The van der Waals surface area contributed by atoms with Crippen LogP contribution in [0.5, 0.6) is 0 Å². The Morgan fingerprint density at radius 1 is 1.28 bits per heavy atom. The Morgan fingerprint density at radius 2 is 2.03 bits per heavy atom. The predicted molar refractivity (Wildman–Crippen MR) is 106 cm³/mol. The third-order valence-electron chi connectivity index (χ3n) is 4.14. The van der Waals surface area contributed by atoms with Crippen LogP contribution >= 0.6 is 11.3 Å². The number of carboxylic acid groups (broad SMARTS) is 1. The zero-order valence-corrected chi connectivity index (χ0v) is 16.7. The van der Waals surface area contributed by atoms with Crippen molar-refractivity contribution in [3.8, 4) is 23.4 Å². The smallest absolute Gasteiger partial charge is 0.475 e. The summed E-state index contributed by atoms with van der Waals surface area (Å²) in [5.41, 5.74) is 2.41. The average Bonchev–Trinajstić information content (AvgIpc) is 3.52. The van der Waals surface area contributed by atoms with Gasteiger partial charge >= 0.3 is 12.1 Å². The van der Waals surface area contributed by atoms with Crippen LogP contribution in [0.2, 0.25) is 0 Å². The molecule has 4 aromatic heterocycles. The van der Waals surface area contributed by atoms with Gasteiger partial charge in [0.15, 0.2) is 0 Å². The normalized spacial score (nSPS) is 11.8. The van der Waals surface area contributed by atoms with E-state index in [1.807, 2.05) is 24.5 Å². The van der Waals surface area contributed by atoms with E-state index in [-0.39, 0.29) is 12.5 Å². The number of aromatic amines is 1. The Kier molecular flexibility index (Phi) is 6.51. The van der Waals surface area contributed by atoms with Crippen LogP contribution in [0.25, 0.3) is 22.3 Å². The fourth-order valence-corrected chi connectivity index (χ4v) is 3.64. The predicted octanol–water partition coefficient (Wildman–Crippen LogP) is 3.89. The molecule has 1 atom stereocenters. The van der Waals surface area contributed by atoms with Crippen LogP contribution in [0.4, 0.5) is 13.2 Å². The fraction of sp³-hybridized carbons (Fsp3) is 0.158. The standard InChI is InChI=1S/C17H11N7S.C2HF3O2/c18-5-3-14(15-2-1-12(7-19)25-15)24-9-11(8-23-24)16-13-4-6-20-17(13)22-10-21-16;3-2(4,5)1(6)7/h1-2,4,6,8-10,14H,3H2,(H,20,21,22);(H,6,7). The van der Waals surface area contributed by atoms with E-state index in [1.165, 1.54) is 17.7 Å². The number of nitrogens with zero attached hydrogens (tertiary/aromatic N) is 6. The second-order valence-corrected chi connectivity index (χ2v) is 7.28. The molecule has 32 heavy (non-hydrogen) atoms. The van der Waals surface area contributed by atoms with E-state index < -0.39 is 12.1 Å². The quantitative estimate of drug-likeness (QED) is 0.471. The van der Waals surface area contributed by atoms with Gasteiger partial charge in [-0.1, -0.05) is 0 Å². The monoisotopic (exact) mass is 459 g/mol. The Labute approximate surface area is 182 Å². The molecule has 4 rings (SSSR count). The van der Waals surface area contributed by atoms with Crippen LogP contribution in [-0.2, 0) is 4.79 Å². The van der Waals surface area contributed by atoms with Gasteiger partial charge in [0.2, 0.25) is 0 Å². The minimum atomic E-state index is -5.08. The van der Waals surface area contributed by atoms with E-state index in [0.717, 1.165) is 27.2 Å². The fourth-order valence-electron chi connectivity index (χ4n) is 2.74. The Balaban J connectivity index is 0.000000360. The Hall–Kier alpha value is -4.23. The molecule has 0 amide bonds. The van der Waals surface area contributed by atoms with Crippen molar-refractivity contribution in [3.63, 3.8) is 0 Å². The Morgan fingerprint density at radius 3 is 2.66 bits per heavy atom. The molecule has 0 bridgehead atoms. The van der Waals surface area contributed by atoms with Gasteiger partial charge in [0, 0.05) is 28.2 Å². The Bertz CT molecular complexity index is 1330. The maximum absolute atomic E-state index is 10.6. The maximum atomic E-state index is 10.6. The van der Waals surface area contributed by atoms with Crippen molar-refractivity contribution in [2.24, 2.45) is 0 Å². The first-order valence-electron chi connectivity index (χ1n) is 8.74. The molecule has 162 valence electrons. The van der Waals surface area contributed by atoms with Gasteiger partial charge < -0.3 is 10.1 Å². The number of hydrogen-bond acceptors (Lipinski definition) is 7. The number of aromatic nitrogens is 5. The van der Waals surface area contributed by atoms with Crippen molar-refractivity contribution in [2.75, 3.05) is 0 Å². The van der Waals surface area contributed by atoms with Crippen LogP contribution in [0, 0.1) is 22.7 Å². The van der Waals surface area contributed by atoms with Gasteiger partial charge in [-0.25, -0.2) is 14.8 Å². The van der Waals surface area contributed by atoms with E-state index in [9.17, 15) is 18.4 Å². The SMILES string of the molecule is N#CCC(c1ccc(C#N)s1)n1cc(-c2ncnc3[nH]ccc23)cn1.O=C(O)C(F)(F)F. The molecule has 0 aliphatic rings. The molecule has 4 aromatic rings. The highest BCUT2D eigenvalue weighted by atomic mass is 32.1. The molecule has 0 aliphatic heterocycles. The molecule has 9 nitrogen and oxygen atoms in total. The van der Waals surface area contributed by atoms with Crippen molar-refractivity contribution in [1.82, 2.24) is 24.7 Å². The van der Waals surface area contributed by atoms with Gasteiger partial charge in [0.05, 0.1) is 30.4 Å². The highest BCUT2D eigenvalue weighted by Crippen LogP contribution is 2.30. The van der Waals surface area contributed by atoms with Gasteiger partial charge in [-0.15, -0.1) is 11.3 Å². The van der Waals surface area contributed by atoms with E-state index in [1.54, 1.807) is 16.9 Å². The first-order valence-corrected chi connectivity index (χ1v) is 9.55. The van der Waals surface area contributed by atoms with Crippen LogP contribution in [0.3, 0.4) is 0 Å². The van der Waals surface area contributed by atoms with Crippen LogP contribution in [0.15, 0.2) is 43.1 Å². The lowest BCUT2D eigenvalue weighted by atomic mass is 10.1. The summed E-state index contributed by atoms with van der Waals surface area (Å²) in [6.07, 6.45) is 2.13. The third kappa shape index (κ3) is 4.91. The van der Waals surface area contributed by atoms with Crippen molar-refractivity contribution in [3.05, 3.63) is 52.9 Å². The molecular weight excluding hydrogens is 447 g/mol. The summed E-state index contributed by atoms with van der Waals surface area (Å²) in [5.74, 6) is -2.76. The molecule has 4 heterocycles. The minimum Gasteiger partial charge on any atom is -0.475 e. The third-order valence-corrected chi connectivity index (χ3v) is 5.23. The molecule has 13 heteroatoms. The lowest BCUT2D eigenvalue weighted by Gasteiger charge is -2.12.